The molecule has 0 saturated carbocycles. The average Bonchev–Trinajstić information content (AvgIpc) is 3.29. The summed E-state index contributed by atoms with van der Waals surface area (Å²) in [5.41, 5.74) is 2.08. The van der Waals surface area contributed by atoms with E-state index in [9.17, 15) is 4.39 Å². The molecule has 0 fully saturated rings. The van der Waals surface area contributed by atoms with Crippen molar-refractivity contribution in [2.24, 2.45) is 0 Å². The van der Waals surface area contributed by atoms with Gasteiger partial charge in [-0.3, -0.25) is 5.41 Å². The number of halogens is 3. The molecular weight excluding hydrogens is 390 g/mol. The molecule has 27 heavy (non-hydrogen) atoms. The minimum atomic E-state index is -0.525. The molecule has 0 saturated heterocycles. The van der Waals surface area contributed by atoms with Crippen LogP contribution < -0.4 is 0 Å². The van der Waals surface area contributed by atoms with Crippen LogP contribution in [-0.4, -0.2) is 31.1 Å². The van der Waals surface area contributed by atoms with Gasteiger partial charge in [-0.05, 0) is 30.4 Å². The number of hydrogen-bond donors (Lipinski definition) is 2. The van der Waals surface area contributed by atoms with Gasteiger partial charge in [-0.2, -0.15) is 5.26 Å². The van der Waals surface area contributed by atoms with E-state index in [0.717, 1.165) is 0 Å². The fourth-order valence-electron chi connectivity index (χ4n) is 2.50. The third-order valence-corrected chi connectivity index (χ3v) is 4.19. The van der Waals surface area contributed by atoms with Gasteiger partial charge in [-0.25, -0.2) is 14.4 Å². The van der Waals surface area contributed by atoms with Gasteiger partial charge >= 0.3 is 0 Å². The zero-order chi connectivity index (χ0) is 19.4. The number of allylic oxidation sites excluding steroid dienone is 1. The van der Waals surface area contributed by atoms with Gasteiger partial charge in [0.25, 0.3) is 0 Å². The molecular formula is C18H13Cl2FN6. The lowest BCUT2D eigenvalue weighted by molar-refractivity contribution is 0.628. The van der Waals surface area contributed by atoms with Crippen molar-refractivity contribution in [3.05, 3.63) is 64.9 Å². The normalized spacial score (nSPS) is 11.0. The molecule has 0 aliphatic heterocycles. The first kappa shape index (κ1) is 18.8. The number of nitrogens with zero attached hydrogens (tertiary/aromatic N) is 4. The Morgan fingerprint density at radius 3 is 2.89 bits per heavy atom. The van der Waals surface area contributed by atoms with Gasteiger partial charge in [0.2, 0.25) is 0 Å². The Kier molecular flexibility index (Phi) is 5.69. The summed E-state index contributed by atoms with van der Waals surface area (Å²) in [7, 11) is 0. The number of aryl methyl sites for hydroxylation is 1. The quantitative estimate of drug-likeness (QED) is 0.476. The lowest BCUT2D eigenvalue weighted by Crippen LogP contribution is -2.09. The maximum Gasteiger partial charge on any atom is 0.141 e. The third-order valence-electron chi connectivity index (χ3n) is 3.74. The molecule has 3 aromatic rings. The van der Waals surface area contributed by atoms with E-state index in [1.807, 2.05) is 6.07 Å². The van der Waals surface area contributed by atoms with Crippen LogP contribution in [-0.2, 0) is 6.54 Å². The van der Waals surface area contributed by atoms with Crippen molar-refractivity contribution in [1.82, 2.24) is 19.5 Å². The molecule has 0 amide bonds. The molecule has 0 aliphatic carbocycles. The zero-order valence-corrected chi connectivity index (χ0v) is 15.4. The van der Waals surface area contributed by atoms with Gasteiger partial charge in [-0.1, -0.05) is 11.6 Å². The maximum absolute atomic E-state index is 13.5. The standard InChI is InChI=1S/C18H13Cl2FN6/c19-5-6-27-10-25-17(11-1-2-14(21)13(20)7-11)18(27)15(23)3-4-16-24-9-12(8-22)26-16/h1-4,7,9-10,23H,5-6H2,(H,24,26)/b4-3-,23-15?. The highest BCUT2D eigenvalue weighted by molar-refractivity contribution is 6.31. The molecule has 2 heterocycles. The third kappa shape index (κ3) is 4.08. The van der Waals surface area contributed by atoms with Gasteiger partial charge in [0.05, 0.1) is 34.6 Å². The number of alkyl halides is 1. The molecule has 0 aliphatic rings. The van der Waals surface area contributed by atoms with Crippen molar-refractivity contribution >= 4 is 35.0 Å². The van der Waals surface area contributed by atoms with Crippen molar-refractivity contribution in [1.29, 1.82) is 10.7 Å². The highest BCUT2D eigenvalue weighted by Gasteiger charge is 2.17. The van der Waals surface area contributed by atoms with Gasteiger partial charge in [-0.15, -0.1) is 11.6 Å². The molecule has 136 valence electrons. The molecule has 0 unspecified atom stereocenters. The predicted octanol–water partition coefficient (Wildman–Crippen LogP) is 4.26. The van der Waals surface area contributed by atoms with E-state index in [4.69, 9.17) is 33.9 Å². The van der Waals surface area contributed by atoms with Crippen LogP contribution in [0.3, 0.4) is 0 Å². The molecule has 6 nitrogen and oxygen atoms in total. The molecule has 9 heteroatoms. The van der Waals surface area contributed by atoms with Gasteiger partial charge in [0.15, 0.2) is 0 Å². The summed E-state index contributed by atoms with van der Waals surface area (Å²) >= 11 is 11.7. The number of nitrogens with one attached hydrogen (secondary N) is 2. The number of H-pyrrole nitrogens is 1. The molecule has 2 N–H and O–H groups in total. The van der Waals surface area contributed by atoms with Gasteiger partial charge in [0, 0.05) is 18.0 Å². The Hall–Kier alpha value is -2.95. The van der Waals surface area contributed by atoms with E-state index in [2.05, 4.69) is 15.0 Å². The Bertz CT molecular complexity index is 1060. The average molecular weight is 403 g/mol. The lowest BCUT2D eigenvalue weighted by Gasteiger charge is -2.08. The van der Waals surface area contributed by atoms with E-state index in [-0.39, 0.29) is 10.7 Å². The number of benzene rings is 1. The SMILES string of the molecule is N#Cc1cnc(/C=C\C(=N)c2c(-c3ccc(F)c(Cl)c3)ncn2CCCl)[nH]1. The topological polar surface area (TPSA) is 94.1 Å². The molecule has 0 spiro atoms. The summed E-state index contributed by atoms with van der Waals surface area (Å²) in [6.45, 7) is 0.453. The van der Waals surface area contributed by atoms with Crippen LogP contribution in [0.1, 0.15) is 17.2 Å². The van der Waals surface area contributed by atoms with Crippen molar-refractivity contribution in [3.8, 4) is 17.3 Å². The van der Waals surface area contributed by atoms with Crippen molar-refractivity contribution in [3.63, 3.8) is 0 Å². The number of rotatable bonds is 6. The number of aromatic nitrogens is 4. The van der Waals surface area contributed by atoms with Crippen molar-refractivity contribution < 1.29 is 4.39 Å². The first-order chi connectivity index (χ1) is 13.0. The number of nitriles is 1. The lowest BCUT2D eigenvalue weighted by atomic mass is 10.1. The summed E-state index contributed by atoms with van der Waals surface area (Å²) < 4.78 is 15.2. The molecule has 1 aromatic carbocycles. The highest BCUT2D eigenvalue weighted by atomic mass is 35.5. The minimum absolute atomic E-state index is 0.0213. The van der Waals surface area contributed by atoms with E-state index in [1.165, 1.54) is 24.4 Å². The van der Waals surface area contributed by atoms with Crippen LogP contribution in [0.2, 0.25) is 5.02 Å². The van der Waals surface area contributed by atoms with Gasteiger partial charge in [0.1, 0.15) is 23.4 Å². The Labute approximate surface area is 164 Å². The van der Waals surface area contributed by atoms with Crippen LogP contribution in [0, 0.1) is 22.6 Å². The Morgan fingerprint density at radius 2 is 2.22 bits per heavy atom. The predicted molar refractivity (Wildman–Crippen MR) is 103 cm³/mol. The maximum atomic E-state index is 13.5. The van der Waals surface area contributed by atoms with E-state index in [0.29, 0.717) is 40.9 Å². The summed E-state index contributed by atoms with van der Waals surface area (Å²) in [6.07, 6.45) is 6.11. The van der Waals surface area contributed by atoms with E-state index < -0.39 is 5.82 Å². The summed E-state index contributed by atoms with van der Waals surface area (Å²) in [4.78, 5) is 11.2. The summed E-state index contributed by atoms with van der Waals surface area (Å²) in [5.74, 6) is 0.266. The smallest absolute Gasteiger partial charge is 0.141 e. The molecule has 0 radical (unpaired) electrons. The van der Waals surface area contributed by atoms with Crippen LogP contribution >= 0.6 is 23.2 Å². The second-order valence-electron chi connectivity index (χ2n) is 5.49. The minimum Gasteiger partial charge on any atom is -0.330 e. The summed E-state index contributed by atoms with van der Waals surface area (Å²) in [6, 6.07) is 6.23. The zero-order valence-electron chi connectivity index (χ0n) is 13.9. The fraction of sp³-hybridized carbons (Fsp3) is 0.111. The van der Waals surface area contributed by atoms with E-state index in [1.54, 1.807) is 23.0 Å². The number of aromatic amines is 1. The Balaban J connectivity index is 1.99. The molecule has 3 rings (SSSR count). The molecule has 2 aromatic heterocycles. The first-order valence-corrected chi connectivity index (χ1v) is 8.73. The second-order valence-corrected chi connectivity index (χ2v) is 6.28. The van der Waals surface area contributed by atoms with Crippen LogP contribution in [0.4, 0.5) is 4.39 Å². The monoisotopic (exact) mass is 402 g/mol. The van der Waals surface area contributed by atoms with Gasteiger partial charge < -0.3 is 9.55 Å². The van der Waals surface area contributed by atoms with E-state index >= 15 is 0 Å². The van der Waals surface area contributed by atoms with Crippen molar-refractivity contribution in [2.45, 2.75) is 6.54 Å². The van der Waals surface area contributed by atoms with Crippen LogP contribution in [0.5, 0.6) is 0 Å². The van der Waals surface area contributed by atoms with Crippen LogP contribution in [0.25, 0.3) is 17.3 Å². The highest BCUT2D eigenvalue weighted by Crippen LogP contribution is 2.27. The Morgan fingerprint density at radius 1 is 1.41 bits per heavy atom. The molecule has 0 atom stereocenters. The first-order valence-electron chi connectivity index (χ1n) is 7.82. The molecule has 0 bridgehead atoms. The van der Waals surface area contributed by atoms with Crippen LogP contribution in [0.15, 0.2) is 36.8 Å². The second kappa shape index (κ2) is 8.16. The largest absolute Gasteiger partial charge is 0.330 e. The summed E-state index contributed by atoms with van der Waals surface area (Å²) in [5, 5.41) is 17.3. The fourth-order valence-corrected chi connectivity index (χ4v) is 2.86. The number of hydrogen-bond acceptors (Lipinski definition) is 4. The van der Waals surface area contributed by atoms with Crippen molar-refractivity contribution in [2.75, 3.05) is 5.88 Å². The number of imidazole rings is 2.